The van der Waals surface area contributed by atoms with Crippen LogP contribution >= 0.6 is 12.4 Å². The number of carbonyl (C=O) groups excluding carboxylic acids is 1. The highest BCUT2D eigenvalue weighted by Gasteiger charge is 2.29. The van der Waals surface area contributed by atoms with Gasteiger partial charge >= 0.3 is 0 Å². The molecule has 2 aliphatic rings. The Labute approximate surface area is 139 Å². The lowest BCUT2D eigenvalue weighted by atomic mass is 9.99. The van der Waals surface area contributed by atoms with Gasteiger partial charge in [-0.2, -0.15) is 0 Å². The molecular weight excluding hydrogens is 326 g/mol. The molecule has 22 heavy (non-hydrogen) atoms. The second-order valence-corrected chi connectivity index (χ2v) is 8.16. The summed E-state index contributed by atoms with van der Waals surface area (Å²) >= 11 is 0. The molecule has 2 aliphatic heterocycles. The van der Waals surface area contributed by atoms with E-state index in [4.69, 9.17) is 0 Å². The Balaban J connectivity index is 0.00000242. The number of carbonyl (C=O) groups is 1. The summed E-state index contributed by atoms with van der Waals surface area (Å²) in [6.45, 7) is 4.53. The Morgan fingerprint density at radius 3 is 2.73 bits per heavy atom. The van der Waals surface area contributed by atoms with Crippen LogP contribution in [0.3, 0.4) is 0 Å². The molecule has 6 nitrogen and oxygen atoms in total. The van der Waals surface area contributed by atoms with Gasteiger partial charge in [-0.1, -0.05) is 6.92 Å². The summed E-state index contributed by atoms with van der Waals surface area (Å²) in [6, 6.07) is -0.0616. The molecular formula is C14H28ClN3O3S. The Bertz CT molecular complexity index is 452. The molecule has 1 amide bonds. The van der Waals surface area contributed by atoms with Gasteiger partial charge in [-0.3, -0.25) is 4.79 Å². The lowest BCUT2D eigenvalue weighted by Gasteiger charge is -2.32. The topological polar surface area (TPSA) is 78.5 Å². The Kier molecular flexibility index (Phi) is 8.10. The summed E-state index contributed by atoms with van der Waals surface area (Å²) in [5, 5.41) is 6.15. The number of halogens is 1. The first-order valence-corrected chi connectivity index (χ1v) is 9.62. The summed E-state index contributed by atoms with van der Waals surface area (Å²) in [5.41, 5.74) is 0. The van der Waals surface area contributed by atoms with Gasteiger partial charge in [0.25, 0.3) is 0 Å². The van der Waals surface area contributed by atoms with Gasteiger partial charge in [-0.25, -0.2) is 12.7 Å². The van der Waals surface area contributed by atoms with E-state index in [1.165, 1.54) is 0 Å². The average molecular weight is 354 g/mol. The molecule has 8 heteroatoms. The maximum atomic E-state index is 12.1. The highest BCUT2D eigenvalue weighted by Crippen LogP contribution is 2.19. The Hall–Kier alpha value is -0.370. The van der Waals surface area contributed by atoms with E-state index in [1.807, 2.05) is 6.92 Å². The standard InChI is InChI=1S/C14H27N3O3S.ClH/c1-2-9-21(19,20)17-8-4-5-12(11-17)10-16-14(18)13-6-3-7-15-13;/h12-13,15H,2-11H2,1H3,(H,16,18);1H. The minimum atomic E-state index is -3.11. The molecule has 2 rings (SSSR count). The largest absolute Gasteiger partial charge is 0.354 e. The minimum absolute atomic E-state index is 0. The van der Waals surface area contributed by atoms with Crippen LogP contribution in [-0.4, -0.2) is 56.6 Å². The molecule has 0 spiro atoms. The second kappa shape index (κ2) is 9.05. The van der Waals surface area contributed by atoms with Crippen LogP contribution in [0.25, 0.3) is 0 Å². The van der Waals surface area contributed by atoms with Crippen LogP contribution in [0.5, 0.6) is 0 Å². The van der Waals surface area contributed by atoms with Crippen molar-refractivity contribution in [1.82, 2.24) is 14.9 Å². The summed E-state index contributed by atoms with van der Waals surface area (Å²) in [5.74, 6) is 0.509. The summed E-state index contributed by atoms with van der Waals surface area (Å²) < 4.78 is 25.8. The van der Waals surface area contributed by atoms with Crippen LogP contribution in [0.4, 0.5) is 0 Å². The zero-order valence-corrected chi connectivity index (χ0v) is 14.8. The van der Waals surface area contributed by atoms with Crippen molar-refractivity contribution in [2.45, 2.75) is 45.1 Å². The monoisotopic (exact) mass is 353 g/mol. The van der Waals surface area contributed by atoms with Crippen molar-refractivity contribution in [2.75, 3.05) is 31.9 Å². The van der Waals surface area contributed by atoms with Crippen LogP contribution in [0.2, 0.25) is 0 Å². The van der Waals surface area contributed by atoms with Crippen LogP contribution in [-0.2, 0) is 14.8 Å². The quantitative estimate of drug-likeness (QED) is 0.737. The number of hydrogen-bond donors (Lipinski definition) is 2. The minimum Gasteiger partial charge on any atom is -0.354 e. The lowest BCUT2D eigenvalue weighted by Crippen LogP contribution is -2.47. The molecule has 2 atom stereocenters. The van der Waals surface area contributed by atoms with Crippen molar-refractivity contribution in [2.24, 2.45) is 5.92 Å². The number of hydrogen-bond acceptors (Lipinski definition) is 4. The Morgan fingerprint density at radius 2 is 2.09 bits per heavy atom. The first-order chi connectivity index (χ1) is 10.0. The van der Waals surface area contributed by atoms with Crippen LogP contribution in [0, 0.1) is 5.92 Å². The zero-order chi connectivity index (χ0) is 15.3. The number of nitrogens with one attached hydrogen (secondary N) is 2. The van der Waals surface area contributed by atoms with Crippen molar-refractivity contribution < 1.29 is 13.2 Å². The first kappa shape index (κ1) is 19.7. The zero-order valence-electron chi connectivity index (χ0n) is 13.2. The van der Waals surface area contributed by atoms with Crippen molar-refractivity contribution in [3.63, 3.8) is 0 Å². The van der Waals surface area contributed by atoms with E-state index in [0.717, 1.165) is 32.2 Å². The first-order valence-electron chi connectivity index (χ1n) is 8.02. The van der Waals surface area contributed by atoms with E-state index >= 15 is 0 Å². The molecule has 2 unspecified atom stereocenters. The predicted octanol–water partition coefficient (Wildman–Crippen LogP) is 0.728. The molecule has 0 aromatic carbocycles. The van der Waals surface area contributed by atoms with Crippen LogP contribution < -0.4 is 10.6 Å². The van der Waals surface area contributed by atoms with E-state index in [9.17, 15) is 13.2 Å². The van der Waals surface area contributed by atoms with Gasteiger partial charge in [0.1, 0.15) is 0 Å². The van der Waals surface area contributed by atoms with Crippen molar-refractivity contribution >= 4 is 28.3 Å². The Morgan fingerprint density at radius 1 is 1.32 bits per heavy atom. The molecule has 2 heterocycles. The van der Waals surface area contributed by atoms with Gasteiger partial charge in [-0.15, -0.1) is 12.4 Å². The van der Waals surface area contributed by atoms with Gasteiger partial charge in [0.2, 0.25) is 15.9 Å². The molecule has 0 radical (unpaired) electrons. The van der Waals surface area contributed by atoms with Crippen molar-refractivity contribution in [3.8, 4) is 0 Å². The van der Waals surface area contributed by atoms with Gasteiger partial charge in [0.15, 0.2) is 0 Å². The fourth-order valence-electron chi connectivity index (χ4n) is 3.11. The maximum Gasteiger partial charge on any atom is 0.237 e. The van der Waals surface area contributed by atoms with Crippen LogP contribution in [0.15, 0.2) is 0 Å². The maximum absolute atomic E-state index is 12.1. The van der Waals surface area contributed by atoms with Crippen LogP contribution in [0.1, 0.15) is 39.0 Å². The van der Waals surface area contributed by atoms with E-state index in [0.29, 0.717) is 26.1 Å². The van der Waals surface area contributed by atoms with Gasteiger partial charge in [-0.05, 0) is 44.6 Å². The fourth-order valence-corrected chi connectivity index (χ4v) is 4.73. The number of rotatable bonds is 6. The van der Waals surface area contributed by atoms with Crippen molar-refractivity contribution in [3.05, 3.63) is 0 Å². The predicted molar refractivity (Wildman–Crippen MR) is 89.7 cm³/mol. The average Bonchev–Trinajstić information content (AvgIpc) is 2.99. The van der Waals surface area contributed by atoms with E-state index in [2.05, 4.69) is 10.6 Å². The highest BCUT2D eigenvalue weighted by molar-refractivity contribution is 7.89. The molecule has 0 saturated carbocycles. The number of amides is 1. The molecule has 2 fully saturated rings. The molecule has 0 aromatic heterocycles. The summed E-state index contributed by atoms with van der Waals surface area (Å²) in [6.07, 6.45) is 4.45. The number of nitrogens with zero attached hydrogens (tertiary/aromatic N) is 1. The van der Waals surface area contributed by atoms with E-state index in [-0.39, 0.29) is 36.0 Å². The summed E-state index contributed by atoms with van der Waals surface area (Å²) in [7, 11) is -3.11. The highest BCUT2D eigenvalue weighted by atomic mass is 35.5. The fraction of sp³-hybridized carbons (Fsp3) is 0.929. The van der Waals surface area contributed by atoms with E-state index in [1.54, 1.807) is 4.31 Å². The molecule has 2 N–H and O–H groups in total. The molecule has 0 aromatic rings. The third-order valence-corrected chi connectivity index (χ3v) is 6.32. The SMILES string of the molecule is CCCS(=O)(=O)N1CCCC(CNC(=O)C2CCCN2)C1.Cl. The van der Waals surface area contributed by atoms with E-state index < -0.39 is 10.0 Å². The number of sulfonamides is 1. The molecule has 2 saturated heterocycles. The van der Waals surface area contributed by atoms with Gasteiger partial charge in [0, 0.05) is 19.6 Å². The third-order valence-electron chi connectivity index (χ3n) is 4.28. The molecule has 0 bridgehead atoms. The normalized spacial score (nSPS) is 26.4. The number of piperidine rings is 1. The lowest BCUT2D eigenvalue weighted by molar-refractivity contribution is -0.123. The third kappa shape index (κ3) is 5.37. The molecule has 130 valence electrons. The smallest absolute Gasteiger partial charge is 0.237 e. The van der Waals surface area contributed by atoms with Crippen molar-refractivity contribution in [1.29, 1.82) is 0 Å². The second-order valence-electron chi connectivity index (χ2n) is 6.08. The van der Waals surface area contributed by atoms with Gasteiger partial charge < -0.3 is 10.6 Å². The van der Waals surface area contributed by atoms with Gasteiger partial charge in [0.05, 0.1) is 11.8 Å². The molecule has 0 aliphatic carbocycles. The summed E-state index contributed by atoms with van der Waals surface area (Å²) in [4.78, 5) is 12.0.